The van der Waals surface area contributed by atoms with Crippen LogP contribution in [0.5, 0.6) is 0 Å². The Balaban J connectivity index is 2.01. The number of para-hydroxylation sites is 2. The van der Waals surface area contributed by atoms with Crippen molar-refractivity contribution < 1.29 is 14.5 Å². The van der Waals surface area contributed by atoms with Crippen molar-refractivity contribution in [3.63, 3.8) is 0 Å². The summed E-state index contributed by atoms with van der Waals surface area (Å²) in [5.74, 6) is -0.0324. The molecule has 2 rings (SSSR count). The molecular weight excluding hydrogens is 298 g/mol. The van der Waals surface area contributed by atoms with Crippen LogP contribution >= 0.6 is 0 Å². The molecule has 1 aliphatic heterocycles. The lowest BCUT2D eigenvalue weighted by atomic mass is 10.1. The van der Waals surface area contributed by atoms with Gasteiger partial charge in [0.1, 0.15) is 5.69 Å². The lowest BCUT2D eigenvalue weighted by molar-refractivity contribution is -0.384. The summed E-state index contributed by atoms with van der Waals surface area (Å²) >= 11 is 0. The van der Waals surface area contributed by atoms with Crippen molar-refractivity contribution in [1.82, 2.24) is 4.90 Å². The second kappa shape index (κ2) is 7.92. The van der Waals surface area contributed by atoms with Crippen LogP contribution in [-0.4, -0.2) is 55.1 Å². The predicted octanol–water partition coefficient (Wildman–Crippen LogP) is 2.06. The number of benzene rings is 1. The molecule has 23 heavy (non-hydrogen) atoms. The number of hydrogen-bond acceptors (Lipinski definition) is 5. The Labute approximate surface area is 136 Å². The number of ether oxygens (including phenoxy) is 1. The Hall–Kier alpha value is -2.15. The molecule has 0 radical (unpaired) electrons. The number of likely N-dealkylation sites (N-methyl/N-ethyl adjacent to an activating group) is 1. The molecule has 0 aromatic heterocycles. The highest BCUT2D eigenvalue weighted by Gasteiger charge is 2.25. The van der Waals surface area contributed by atoms with Gasteiger partial charge in [0.25, 0.3) is 5.69 Å². The summed E-state index contributed by atoms with van der Waals surface area (Å²) < 4.78 is 5.61. The Bertz CT molecular complexity index is 562. The monoisotopic (exact) mass is 321 g/mol. The Kier molecular flexibility index (Phi) is 5.92. The number of amides is 1. The number of likely N-dealkylation sites (tertiary alicyclic amines) is 1. The molecule has 0 bridgehead atoms. The number of nitrogens with zero attached hydrogens (tertiary/aromatic N) is 3. The molecule has 0 spiro atoms. The molecule has 126 valence electrons. The van der Waals surface area contributed by atoms with Crippen molar-refractivity contribution in [1.29, 1.82) is 0 Å². The maximum Gasteiger partial charge on any atom is 0.292 e. The largest absolute Gasteiger partial charge is 0.377 e. The smallest absolute Gasteiger partial charge is 0.292 e. The second-order valence-corrected chi connectivity index (χ2v) is 5.66. The number of rotatable bonds is 6. The van der Waals surface area contributed by atoms with Crippen molar-refractivity contribution >= 4 is 17.3 Å². The molecule has 1 aromatic carbocycles. The van der Waals surface area contributed by atoms with E-state index in [-0.39, 0.29) is 24.2 Å². The van der Waals surface area contributed by atoms with Gasteiger partial charge in [-0.3, -0.25) is 14.9 Å². The highest BCUT2D eigenvalue weighted by atomic mass is 16.6. The van der Waals surface area contributed by atoms with Gasteiger partial charge in [-0.05, 0) is 25.8 Å². The van der Waals surface area contributed by atoms with Crippen LogP contribution in [0.1, 0.15) is 19.8 Å². The lowest BCUT2D eigenvalue weighted by Crippen LogP contribution is -2.46. The summed E-state index contributed by atoms with van der Waals surface area (Å²) in [4.78, 5) is 26.6. The van der Waals surface area contributed by atoms with Gasteiger partial charge in [0, 0.05) is 32.8 Å². The zero-order valence-corrected chi connectivity index (χ0v) is 13.6. The van der Waals surface area contributed by atoms with Gasteiger partial charge in [-0.25, -0.2) is 0 Å². The standard InChI is InChI=1S/C16H23N3O4/c1-3-23-13-7-6-10-18(11-13)16(20)12-17(2)14-8-4-5-9-15(14)19(21)22/h4-5,8-9,13H,3,6-7,10-12H2,1-2H3/t13-/m0/s1. The first-order valence-corrected chi connectivity index (χ1v) is 7.86. The zero-order chi connectivity index (χ0) is 16.8. The number of anilines is 1. The second-order valence-electron chi connectivity index (χ2n) is 5.66. The summed E-state index contributed by atoms with van der Waals surface area (Å²) in [6.07, 6.45) is 1.98. The fraction of sp³-hybridized carbons (Fsp3) is 0.562. The summed E-state index contributed by atoms with van der Waals surface area (Å²) in [6.45, 7) is 4.01. The molecule has 0 aliphatic carbocycles. The molecule has 7 nitrogen and oxygen atoms in total. The van der Waals surface area contributed by atoms with Crippen LogP contribution in [0.15, 0.2) is 24.3 Å². The maximum absolute atomic E-state index is 12.5. The van der Waals surface area contributed by atoms with Crippen LogP contribution in [0.25, 0.3) is 0 Å². The third-order valence-electron chi connectivity index (χ3n) is 4.00. The summed E-state index contributed by atoms with van der Waals surface area (Å²) in [5, 5.41) is 11.1. The number of hydrogen-bond donors (Lipinski definition) is 0. The first-order chi connectivity index (χ1) is 11.0. The number of nitro groups is 1. The third kappa shape index (κ3) is 4.41. The molecule has 1 saturated heterocycles. The fourth-order valence-corrected chi connectivity index (χ4v) is 2.87. The predicted molar refractivity (Wildman–Crippen MR) is 87.6 cm³/mol. The summed E-state index contributed by atoms with van der Waals surface area (Å²) in [6, 6.07) is 6.46. The third-order valence-corrected chi connectivity index (χ3v) is 4.00. The maximum atomic E-state index is 12.5. The normalized spacial score (nSPS) is 17.8. The molecule has 1 heterocycles. The molecule has 1 amide bonds. The summed E-state index contributed by atoms with van der Waals surface area (Å²) in [7, 11) is 1.70. The van der Waals surface area contributed by atoms with E-state index >= 15 is 0 Å². The molecule has 0 unspecified atom stereocenters. The van der Waals surface area contributed by atoms with Gasteiger partial charge < -0.3 is 14.5 Å². The van der Waals surface area contributed by atoms with Crippen LogP contribution < -0.4 is 4.90 Å². The quantitative estimate of drug-likeness (QED) is 0.592. The minimum atomic E-state index is -0.428. The number of carbonyl (C=O) groups excluding carboxylic acids is 1. The first kappa shape index (κ1) is 17.2. The SMILES string of the molecule is CCO[C@H]1CCCN(C(=O)CN(C)c2ccccc2[N+](=O)[O-])C1. The van der Waals surface area contributed by atoms with Crippen LogP contribution in [0.3, 0.4) is 0 Å². The highest BCUT2D eigenvalue weighted by molar-refractivity contribution is 5.82. The minimum absolute atomic E-state index is 0.00800. The van der Waals surface area contributed by atoms with Crippen LogP contribution in [0.4, 0.5) is 11.4 Å². The highest BCUT2D eigenvalue weighted by Crippen LogP contribution is 2.26. The average Bonchev–Trinajstić information content (AvgIpc) is 2.55. The Morgan fingerprint density at radius 2 is 2.22 bits per heavy atom. The number of piperidine rings is 1. The molecule has 1 aromatic rings. The van der Waals surface area contributed by atoms with E-state index in [0.717, 1.165) is 12.8 Å². The summed E-state index contributed by atoms with van der Waals surface area (Å²) in [5.41, 5.74) is 0.456. The molecule has 0 saturated carbocycles. The van der Waals surface area contributed by atoms with Gasteiger partial charge in [0.05, 0.1) is 17.6 Å². The average molecular weight is 321 g/mol. The Morgan fingerprint density at radius 1 is 1.48 bits per heavy atom. The van der Waals surface area contributed by atoms with E-state index < -0.39 is 4.92 Å². The number of carbonyl (C=O) groups is 1. The first-order valence-electron chi connectivity index (χ1n) is 7.86. The molecule has 1 atom stereocenters. The fourth-order valence-electron chi connectivity index (χ4n) is 2.87. The van der Waals surface area contributed by atoms with Gasteiger partial charge in [-0.2, -0.15) is 0 Å². The van der Waals surface area contributed by atoms with E-state index in [2.05, 4.69) is 0 Å². The van der Waals surface area contributed by atoms with Crippen molar-refractivity contribution in [2.45, 2.75) is 25.9 Å². The lowest BCUT2D eigenvalue weighted by Gasteiger charge is -2.33. The van der Waals surface area contributed by atoms with Gasteiger partial charge in [-0.15, -0.1) is 0 Å². The molecule has 7 heteroatoms. The van der Waals surface area contributed by atoms with E-state index in [0.29, 0.717) is 25.4 Å². The zero-order valence-electron chi connectivity index (χ0n) is 13.6. The van der Waals surface area contributed by atoms with Crippen molar-refractivity contribution in [2.24, 2.45) is 0 Å². The van der Waals surface area contributed by atoms with Gasteiger partial charge in [0.15, 0.2) is 0 Å². The topological polar surface area (TPSA) is 75.9 Å². The van der Waals surface area contributed by atoms with Gasteiger partial charge >= 0.3 is 0 Å². The van der Waals surface area contributed by atoms with Crippen LogP contribution in [0.2, 0.25) is 0 Å². The van der Waals surface area contributed by atoms with E-state index in [1.54, 1.807) is 35.0 Å². The number of nitro benzene ring substituents is 1. The molecular formula is C16H23N3O4. The Morgan fingerprint density at radius 3 is 2.91 bits per heavy atom. The van der Waals surface area contributed by atoms with E-state index in [9.17, 15) is 14.9 Å². The van der Waals surface area contributed by atoms with E-state index in [1.165, 1.54) is 6.07 Å². The van der Waals surface area contributed by atoms with Crippen LogP contribution in [0, 0.1) is 10.1 Å². The van der Waals surface area contributed by atoms with Crippen molar-refractivity contribution in [3.8, 4) is 0 Å². The van der Waals surface area contributed by atoms with Crippen LogP contribution in [-0.2, 0) is 9.53 Å². The molecule has 1 aliphatic rings. The molecule has 1 fully saturated rings. The van der Waals surface area contributed by atoms with E-state index in [1.807, 2.05) is 6.92 Å². The van der Waals surface area contributed by atoms with E-state index in [4.69, 9.17) is 4.74 Å². The van der Waals surface area contributed by atoms with Gasteiger partial charge in [-0.1, -0.05) is 12.1 Å². The van der Waals surface area contributed by atoms with Crippen molar-refractivity contribution in [2.75, 3.05) is 38.2 Å². The van der Waals surface area contributed by atoms with Crippen molar-refractivity contribution in [3.05, 3.63) is 34.4 Å². The van der Waals surface area contributed by atoms with Gasteiger partial charge in [0.2, 0.25) is 5.91 Å². The molecule has 0 N–H and O–H groups in total. The minimum Gasteiger partial charge on any atom is -0.377 e.